The van der Waals surface area contributed by atoms with Gasteiger partial charge in [0.1, 0.15) is 0 Å². The molecule has 1 rings (SSSR count). The first-order chi connectivity index (χ1) is 7.38. The Morgan fingerprint density at radius 1 is 1.35 bits per heavy atom. The summed E-state index contributed by atoms with van der Waals surface area (Å²) in [5, 5.41) is 4.54. The lowest BCUT2D eigenvalue weighted by Gasteiger charge is -2.17. The van der Waals surface area contributed by atoms with Gasteiger partial charge in [-0.1, -0.05) is 20.8 Å². The smallest absolute Gasteiger partial charge is 0.185 e. The normalized spacial score (nSPS) is 11.1. The summed E-state index contributed by atoms with van der Waals surface area (Å²) in [6, 6.07) is 0. The molecule has 1 aromatic heterocycles. The number of hydrogen-bond acceptors (Lipinski definition) is 4. The van der Waals surface area contributed by atoms with Gasteiger partial charge in [0.25, 0.3) is 0 Å². The molecule has 0 aliphatic carbocycles. The van der Waals surface area contributed by atoms with Gasteiger partial charge in [0, 0.05) is 31.7 Å². The fourth-order valence-electron chi connectivity index (χ4n) is 1.26. The Kier molecular flexibility index (Phi) is 7.05. The van der Waals surface area contributed by atoms with E-state index in [9.17, 15) is 0 Å². The third-order valence-electron chi connectivity index (χ3n) is 2.27. The Balaban J connectivity index is 0.00000256. The molecule has 0 saturated carbocycles. The van der Waals surface area contributed by atoms with Crippen molar-refractivity contribution in [3.8, 4) is 0 Å². The molecule has 0 radical (unpaired) electrons. The molecule has 0 bridgehead atoms. The van der Waals surface area contributed by atoms with Crippen LogP contribution in [0.2, 0.25) is 0 Å². The lowest BCUT2D eigenvalue weighted by molar-refractivity contribution is 0.367. The zero-order chi connectivity index (χ0) is 12.2. The molecule has 0 amide bonds. The van der Waals surface area contributed by atoms with Crippen LogP contribution in [-0.4, -0.2) is 25.6 Å². The fraction of sp³-hybridized carbons (Fsp3) is 0.750. The van der Waals surface area contributed by atoms with Gasteiger partial charge in [-0.05, 0) is 18.4 Å². The predicted octanol–water partition coefficient (Wildman–Crippen LogP) is 3.16. The molecule has 100 valence electrons. The molecule has 1 aromatic rings. The Morgan fingerprint density at radius 3 is 2.47 bits per heavy atom. The number of nitrogens with one attached hydrogen (secondary N) is 1. The minimum Gasteiger partial charge on any atom is -0.354 e. The van der Waals surface area contributed by atoms with Crippen LogP contribution in [0, 0.1) is 5.41 Å². The number of nitrogens with zero attached hydrogens (tertiary/aromatic N) is 2. The molecule has 0 aliphatic rings. The van der Waals surface area contributed by atoms with Gasteiger partial charge in [-0.2, -0.15) is 0 Å². The molecule has 17 heavy (non-hydrogen) atoms. The minimum atomic E-state index is 0. The average Bonchev–Trinajstić information content (AvgIpc) is 2.59. The summed E-state index contributed by atoms with van der Waals surface area (Å²) in [5.74, 6) is 0. The van der Waals surface area contributed by atoms with Crippen molar-refractivity contribution in [2.75, 3.05) is 25.5 Å². The van der Waals surface area contributed by atoms with Crippen molar-refractivity contribution in [1.82, 2.24) is 10.3 Å². The van der Waals surface area contributed by atoms with Crippen LogP contribution in [0.15, 0.2) is 6.20 Å². The van der Waals surface area contributed by atoms with Crippen LogP contribution in [-0.2, 0) is 6.54 Å². The van der Waals surface area contributed by atoms with E-state index in [0.717, 1.165) is 18.2 Å². The highest BCUT2D eigenvalue weighted by Crippen LogP contribution is 2.20. The number of aromatic nitrogens is 1. The third-order valence-corrected chi connectivity index (χ3v) is 3.44. The van der Waals surface area contributed by atoms with Gasteiger partial charge in [-0.3, -0.25) is 0 Å². The summed E-state index contributed by atoms with van der Waals surface area (Å²) in [4.78, 5) is 7.70. The number of rotatable bonds is 5. The van der Waals surface area contributed by atoms with Crippen LogP contribution in [0.5, 0.6) is 0 Å². The lowest BCUT2D eigenvalue weighted by atomic mass is 9.92. The lowest BCUT2D eigenvalue weighted by Crippen LogP contribution is -2.19. The van der Waals surface area contributed by atoms with Crippen molar-refractivity contribution in [3.63, 3.8) is 0 Å². The first-order valence-corrected chi connectivity index (χ1v) is 6.53. The molecule has 0 fully saturated rings. The Hall–Kier alpha value is -0.320. The maximum atomic E-state index is 4.35. The van der Waals surface area contributed by atoms with Crippen molar-refractivity contribution >= 4 is 28.9 Å². The summed E-state index contributed by atoms with van der Waals surface area (Å²) in [7, 11) is 4.05. The standard InChI is InChI=1S/C12H23N3S.ClH/c1-12(2,3)6-7-13-8-10-9-14-11(16-10)15(4)5;/h9,13H,6-8H2,1-5H3;1H. The van der Waals surface area contributed by atoms with E-state index in [1.807, 2.05) is 25.2 Å². The van der Waals surface area contributed by atoms with E-state index >= 15 is 0 Å². The quantitative estimate of drug-likeness (QED) is 0.838. The molecule has 0 atom stereocenters. The fourth-order valence-corrected chi connectivity index (χ4v) is 2.06. The largest absolute Gasteiger partial charge is 0.354 e. The Morgan fingerprint density at radius 2 is 2.00 bits per heavy atom. The zero-order valence-electron chi connectivity index (χ0n) is 11.4. The van der Waals surface area contributed by atoms with Crippen molar-refractivity contribution in [2.24, 2.45) is 5.41 Å². The molecular weight excluding hydrogens is 254 g/mol. The van der Waals surface area contributed by atoms with Gasteiger partial charge >= 0.3 is 0 Å². The van der Waals surface area contributed by atoms with E-state index in [-0.39, 0.29) is 12.4 Å². The average molecular weight is 278 g/mol. The number of thiazole rings is 1. The first kappa shape index (κ1) is 16.7. The molecular formula is C12H24ClN3S. The molecule has 0 aromatic carbocycles. The topological polar surface area (TPSA) is 28.2 Å². The molecule has 0 unspecified atom stereocenters. The summed E-state index contributed by atoms with van der Waals surface area (Å²) in [6.07, 6.45) is 3.16. The van der Waals surface area contributed by atoms with Gasteiger partial charge in [0.15, 0.2) is 5.13 Å². The Labute approximate surface area is 115 Å². The Bertz CT molecular complexity index is 318. The maximum absolute atomic E-state index is 4.35. The van der Waals surface area contributed by atoms with Crippen LogP contribution >= 0.6 is 23.7 Å². The monoisotopic (exact) mass is 277 g/mol. The summed E-state index contributed by atoms with van der Waals surface area (Å²) in [5.41, 5.74) is 0.412. The highest BCUT2D eigenvalue weighted by molar-refractivity contribution is 7.15. The van der Waals surface area contributed by atoms with Gasteiger partial charge in [0.05, 0.1) is 0 Å². The number of hydrogen-bond donors (Lipinski definition) is 1. The van der Waals surface area contributed by atoms with Crippen molar-refractivity contribution in [3.05, 3.63) is 11.1 Å². The van der Waals surface area contributed by atoms with E-state index in [1.165, 1.54) is 11.3 Å². The molecule has 3 nitrogen and oxygen atoms in total. The zero-order valence-corrected chi connectivity index (χ0v) is 13.0. The second-order valence-electron chi connectivity index (χ2n) is 5.49. The summed E-state index contributed by atoms with van der Waals surface area (Å²) < 4.78 is 0. The minimum absolute atomic E-state index is 0. The number of halogens is 1. The van der Waals surface area contributed by atoms with E-state index in [1.54, 1.807) is 11.3 Å². The molecule has 1 heterocycles. The third kappa shape index (κ3) is 6.86. The molecule has 0 spiro atoms. The van der Waals surface area contributed by atoms with Crippen molar-refractivity contribution in [1.29, 1.82) is 0 Å². The van der Waals surface area contributed by atoms with E-state index in [0.29, 0.717) is 5.41 Å². The van der Waals surface area contributed by atoms with Crippen molar-refractivity contribution in [2.45, 2.75) is 33.7 Å². The van der Waals surface area contributed by atoms with E-state index in [2.05, 4.69) is 31.1 Å². The molecule has 1 N–H and O–H groups in total. The van der Waals surface area contributed by atoms with Gasteiger partial charge in [0.2, 0.25) is 0 Å². The first-order valence-electron chi connectivity index (χ1n) is 5.71. The van der Waals surface area contributed by atoms with Crippen LogP contribution in [0.1, 0.15) is 32.1 Å². The molecule has 0 aliphatic heterocycles. The second-order valence-corrected chi connectivity index (χ2v) is 6.58. The van der Waals surface area contributed by atoms with Crippen LogP contribution in [0.25, 0.3) is 0 Å². The van der Waals surface area contributed by atoms with Gasteiger partial charge in [-0.15, -0.1) is 23.7 Å². The second kappa shape index (κ2) is 7.19. The van der Waals surface area contributed by atoms with Gasteiger partial charge in [-0.25, -0.2) is 4.98 Å². The maximum Gasteiger partial charge on any atom is 0.185 e. The highest BCUT2D eigenvalue weighted by atomic mass is 35.5. The summed E-state index contributed by atoms with van der Waals surface area (Å²) >= 11 is 1.75. The van der Waals surface area contributed by atoms with Gasteiger partial charge < -0.3 is 10.2 Å². The van der Waals surface area contributed by atoms with Crippen molar-refractivity contribution < 1.29 is 0 Å². The molecule has 5 heteroatoms. The predicted molar refractivity (Wildman–Crippen MR) is 79.5 cm³/mol. The highest BCUT2D eigenvalue weighted by Gasteiger charge is 2.09. The summed E-state index contributed by atoms with van der Waals surface area (Å²) in [6.45, 7) is 8.81. The van der Waals surface area contributed by atoms with Crippen LogP contribution < -0.4 is 10.2 Å². The number of anilines is 1. The van der Waals surface area contributed by atoms with Crippen LogP contribution in [0.4, 0.5) is 5.13 Å². The molecule has 0 saturated heterocycles. The van der Waals surface area contributed by atoms with E-state index in [4.69, 9.17) is 0 Å². The van der Waals surface area contributed by atoms with E-state index < -0.39 is 0 Å². The van der Waals surface area contributed by atoms with Crippen LogP contribution in [0.3, 0.4) is 0 Å². The SMILES string of the molecule is CN(C)c1ncc(CNCCC(C)(C)C)s1.Cl.